The highest BCUT2D eigenvalue weighted by Crippen LogP contribution is 2.23. The van der Waals surface area contributed by atoms with Gasteiger partial charge in [-0.1, -0.05) is 48.0 Å². The minimum Gasteiger partial charge on any atom is -0.497 e. The fourth-order valence-corrected chi connectivity index (χ4v) is 2.59. The van der Waals surface area contributed by atoms with Gasteiger partial charge in [-0.15, -0.1) is 0 Å². The number of benzene rings is 2. The van der Waals surface area contributed by atoms with Crippen molar-refractivity contribution in [1.82, 2.24) is 4.98 Å². The maximum atomic E-state index is 12.9. The molecule has 1 heterocycles. The summed E-state index contributed by atoms with van der Waals surface area (Å²) in [6.45, 7) is 0. The van der Waals surface area contributed by atoms with Crippen molar-refractivity contribution in [2.24, 2.45) is 0 Å². The molecule has 0 aliphatic carbocycles. The number of rotatable bonds is 6. The zero-order valence-corrected chi connectivity index (χ0v) is 15.7. The van der Waals surface area contributed by atoms with E-state index in [0.717, 1.165) is 0 Å². The van der Waals surface area contributed by atoms with Crippen LogP contribution in [0.4, 0.5) is 5.69 Å². The van der Waals surface area contributed by atoms with Gasteiger partial charge in [-0.2, -0.15) is 0 Å². The Morgan fingerprint density at radius 2 is 1.82 bits per heavy atom. The molecular formula is C21H17ClN2O4. The van der Waals surface area contributed by atoms with Crippen molar-refractivity contribution >= 4 is 29.2 Å². The van der Waals surface area contributed by atoms with Crippen LogP contribution >= 0.6 is 11.6 Å². The Bertz CT molecular complexity index is 962. The molecule has 6 nitrogen and oxygen atoms in total. The van der Waals surface area contributed by atoms with Crippen LogP contribution in [-0.2, 0) is 9.53 Å². The lowest BCUT2D eigenvalue weighted by molar-refractivity contribution is -0.125. The Morgan fingerprint density at radius 1 is 1.04 bits per heavy atom. The predicted octanol–water partition coefficient (Wildman–Crippen LogP) is 4.28. The van der Waals surface area contributed by atoms with Gasteiger partial charge >= 0.3 is 5.97 Å². The van der Waals surface area contributed by atoms with E-state index in [4.69, 9.17) is 21.1 Å². The van der Waals surface area contributed by atoms with Gasteiger partial charge in [0, 0.05) is 23.5 Å². The topological polar surface area (TPSA) is 77.5 Å². The van der Waals surface area contributed by atoms with Crippen molar-refractivity contribution < 1.29 is 19.1 Å². The van der Waals surface area contributed by atoms with Crippen LogP contribution in [0, 0.1) is 0 Å². The maximum Gasteiger partial charge on any atom is 0.340 e. The molecule has 28 heavy (non-hydrogen) atoms. The standard InChI is InChI=1S/C21H17ClN2O4/c1-27-17-9-5-8-16(12-17)24-20(25)19(14-6-3-2-4-7-14)28-21(26)15-10-11-18(22)23-13-15/h2-13,19H,1H3,(H,24,25)/t19-/m0/s1. The first kappa shape index (κ1) is 19.4. The molecular weight excluding hydrogens is 380 g/mol. The monoisotopic (exact) mass is 396 g/mol. The number of amides is 1. The Balaban J connectivity index is 1.83. The van der Waals surface area contributed by atoms with E-state index >= 15 is 0 Å². The molecule has 0 aliphatic rings. The van der Waals surface area contributed by atoms with Crippen molar-refractivity contribution in [3.05, 3.63) is 89.2 Å². The molecule has 142 valence electrons. The average Bonchev–Trinajstić information content (AvgIpc) is 2.73. The summed E-state index contributed by atoms with van der Waals surface area (Å²) in [6, 6.07) is 18.6. The third kappa shape index (κ3) is 4.86. The Kier molecular flexibility index (Phi) is 6.24. The number of halogens is 1. The largest absolute Gasteiger partial charge is 0.497 e. The summed E-state index contributed by atoms with van der Waals surface area (Å²) >= 11 is 5.75. The van der Waals surface area contributed by atoms with E-state index in [1.165, 1.54) is 25.4 Å². The molecule has 1 aromatic heterocycles. The molecule has 3 rings (SSSR count). The molecule has 0 saturated carbocycles. The highest BCUT2D eigenvalue weighted by atomic mass is 35.5. The second kappa shape index (κ2) is 9.01. The van der Waals surface area contributed by atoms with Gasteiger partial charge < -0.3 is 14.8 Å². The number of anilines is 1. The summed E-state index contributed by atoms with van der Waals surface area (Å²) in [4.78, 5) is 29.2. The van der Waals surface area contributed by atoms with E-state index < -0.39 is 18.0 Å². The second-order valence-electron chi connectivity index (χ2n) is 5.79. The first-order chi connectivity index (χ1) is 13.6. The van der Waals surface area contributed by atoms with Crippen LogP contribution in [0.15, 0.2) is 72.9 Å². The maximum absolute atomic E-state index is 12.9. The molecule has 0 saturated heterocycles. The summed E-state index contributed by atoms with van der Waals surface area (Å²) in [5.74, 6) is -0.577. The number of pyridine rings is 1. The molecule has 2 aromatic carbocycles. The molecule has 0 aliphatic heterocycles. The van der Waals surface area contributed by atoms with Crippen LogP contribution in [0.3, 0.4) is 0 Å². The molecule has 1 amide bonds. The SMILES string of the molecule is COc1cccc(NC(=O)[C@@H](OC(=O)c2ccc(Cl)nc2)c2ccccc2)c1. The molecule has 0 spiro atoms. The Hall–Kier alpha value is -3.38. The Morgan fingerprint density at radius 3 is 2.50 bits per heavy atom. The van der Waals surface area contributed by atoms with Crippen molar-refractivity contribution in [2.45, 2.75) is 6.10 Å². The van der Waals surface area contributed by atoms with E-state index in [0.29, 0.717) is 17.0 Å². The number of hydrogen-bond donors (Lipinski definition) is 1. The zero-order chi connectivity index (χ0) is 19.9. The average molecular weight is 397 g/mol. The quantitative estimate of drug-likeness (QED) is 0.497. The normalized spacial score (nSPS) is 11.4. The Labute approximate surface area is 167 Å². The van der Waals surface area contributed by atoms with Crippen LogP contribution in [0.2, 0.25) is 5.15 Å². The van der Waals surface area contributed by atoms with Gasteiger partial charge in [0.15, 0.2) is 0 Å². The van der Waals surface area contributed by atoms with Gasteiger partial charge in [0.05, 0.1) is 12.7 Å². The van der Waals surface area contributed by atoms with Crippen LogP contribution in [0.25, 0.3) is 0 Å². The summed E-state index contributed by atoms with van der Waals surface area (Å²) < 4.78 is 10.6. The lowest BCUT2D eigenvalue weighted by Crippen LogP contribution is -2.26. The number of nitrogens with zero attached hydrogens (tertiary/aromatic N) is 1. The predicted molar refractivity (Wildman–Crippen MR) is 105 cm³/mol. The number of methoxy groups -OCH3 is 1. The second-order valence-corrected chi connectivity index (χ2v) is 6.17. The minimum atomic E-state index is -1.14. The van der Waals surface area contributed by atoms with Gasteiger partial charge in [0.2, 0.25) is 6.10 Å². The molecule has 1 atom stereocenters. The fraction of sp³-hybridized carbons (Fsp3) is 0.0952. The number of hydrogen-bond acceptors (Lipinski definition) is 5. The lowest BCUT2D eigenvalue weighted by Gasteiger charge is -2.18. The smallest absolute Gasteiger partial charge is 0.340 e. The summed E-state index contributed by atoms with van der Waals surface area (Å²) in [5, 5.41) is 3.00. The molecule has 0 radical (unpaired) electrons. The summed E-state index contributed by atoms with van der Waals surface area (Å²) in [7, 11) is 1.54. The number of esters is 1. The van der Waals surface area contributed by atoms with Crippen molar-refractivity contribution in [3.63, 3.8) is 0 Å². The summed E-state index contributed by atoms with van der Waals surface area (Å²) in [6.07, 6.45) is 0.155. The van der Waals surface area contributed by atoms with Gasteiger partial charge in [-0.3, -0.25) is 4.79 Å². The fourth-order valence-electron chi connectivity index (χ4n) is 2.48. The number of ether oxygens (including phenoxy) is 2. The third-order valence-corrected chi connectivity index (χ3v) is 4.09. The first-order valence-corrected chi connectivity index (χ1v) is 8.77. The number of nitrogens with one attached hydrogen (secondary N) is 1. The zero-order valence-electron chi connectivity index (χ0n) is 15.0. The third-order valence-electron chi connectivity index (χ3n) is 3.87. The van der Waals surface area contributed by atoms with E-state index in [1.807, 2.05) is 6.07 Å². The minimum absolute atomic E-state index is 0.194. The van der Waals surface area contributed by atoms with Gasteiger partial charge in [-0.05, 0) is 24.3 Å². The first-order valence-electron chi connectivity index (χ1n) is 8.39. The van der Waals surface area contributed by atoms with Crippen molar-refractivity contribution in [3.8, 4) is 5.75 Å². The van der Waals surface area contributed by atoms with Crippen LogP contribution in [0.5, 0.6) is 5.75 Å². The number of aromatic nitrogens is 1. The van der Waals surface area contributed by atoms with Crippen LogP contribution in [-0.4, -0.2) is 24.0 Å². The highest BCUT2D eigenvalue weighted by Gasteiger charge is 2.26. The number of carbonyl (C=O) groups excluding carboxylic acids is 2. The molecule has 1 N–H and O–H groups in total. The van der Waals surface area contributed by atoms with Crippen LogP contribution in [0.1, 0.15) is 22.0 Å². The molecule has 0 bridgehead atoms. The molecule has 0 unspecified atom stereocenters. The van der Waals surface area contributed by atoms with Gasteiger partial charge in [0.25, 0.3) is 5.91 Å². The van der Waals surface area contributed by atoms with Crippen molar-refractivity contribution in [2.75, 3.05) is 12.4 Å². The van der Waals surface area contributed by atoms with E-state index in [-0.39, 0.29) is 10.7 Å². The van der Waals surface area contributed by atoms with Crippen LogP contribution < -0.4 is 10.1 Å². The molecule has 7 heteroatoms. The van der Waals surface area contributed by atoms with Gasteiger partial charge in [0.1, 0.15) is 10.9 Å². The van der Waals surface area contributed by atoms with E-state index in [9.17, 15) is 9.59 Å². The summed E-state index contributed by atoms with van der Waals surface area (Å²) in [5.41, 5.74) is 1.26. The van der Waals surface area contributed by atoms with Crippen molar-refractivity contribution in [1.29, 1.82) is 0 Å². The molecule has 3 aromatic rings. The van der Waals surface area contributed by atoms with E-state index in [1.54, 1.807) is 48.5 Å². The highest BCUT2D eigenvalue weighted by molar-refractivity contribution is 6.29. The number of carbonyl (C=O) groups is 2. The molecule has 0 fully saturated rings. The van der Waals surface area contributed by atoms with Gasteiger partial charge in [-0.25, -0.2) is 9.78 Å². The van der Waals surface area contributed by atoms with E-state index in [2.05, 4.69) is 10.3 Å². The lowest BCUT2D eigenvalue weighted by atomic mass is 10.1.